The van der Waals surface area contributed by atoms with E-state index >= 15 is 0 Å². The Morgan fingerprint density at radius 1 is 1.00 bits per heavy atom. The van der Waals surface area contributed by atoms with E-state index in [4.69, 9.17) is 0 Å². The molecule has 3 aromatic rings. The fraction of sp³-hybridized carbons (Fsp3) is 0.381. The first-order valence-electron chi connectivity index (χ1n) is 9.63. The molecule has 1 N–H and O–H groups in total. The summed E-state index contributed by atoms with van der Waals surface area (Å²) in [5.41, 5.74) is 5.99. The maximum Gasteiger partial charge on any atom is 0.321 e. The minimum absolute atomic E-state index is 0.0668. The summed E-state index contributed by atoms with van der Waals surface area (Å²) in [6.45, 7) is 9.48. The number of anilines is 1. The lowest BCUT2D eigenvalue weighted by Crippen LogP contribution is -2.33. The van der Waals surface area contributed by atoms with E-state index in [1.54, 1.807) is 0 Å². The molecule has 1 aliphatic rings. The van der Waals surface area contributed by atoms with Gasteiger partial charge in [0.2, 0.25) is 0 Å². The molecular formula is C21H26N6O. The van der Waals surface area contributed by atoms with Crippen LogP contribution in [0.15, 0.2) is 36.4 Å². The van der Waals surface area contributed by atoms with Gasteiger partial charge in [0.05, 0.1) is 23.1 Å². The van der Waals surface area contributed by atoms with Crippen molar-refractivity contribution < 1.29 is 4.79 Å². The molecule has 1 aromatic carbocycles. The Labute approximate surface area is 165 Å². The van der Waals surface area contributed by atoms with Gasteiger partial charge < -0.3 is 10.2 Å². The number of benzene rings is 1. The Morgan fingerprint density at radius 3 is 2.29 bits per heavy atom. The van der Waals surface area contributed by atoms with Crippen molar-refractivity contribution in [1.82, 2.24) is 24.5 Å². The van der Waals surface area contributed by atoms with Crippen molar-refractivity contribution in [2.45, 2.75) is 40.2 Å². The van der Waals surface area contributed by atoms with Gasteiger partial charge in [0.1, 0.15) is 0 Å². The highest BCUT2D eigenvalue weighted by atomic mass is 16.2. The molecule has 1 aliphatic heterocycles. The average molecular weight is 378 g/mol. The van der Waals surface area contributed by atoms with E-state index < -0.39 is 0 Å². The molecule has 0 aliphatic carbocycles. The van der Waals surface area contributed by atoms with Crippen molar-refractivity contribution in [3.8, 4) is 5.69 Å². The number of hydrogen-bond acceptors (Lipinski definition) is 3. The van der Waals surface area contributed by atoms with Crippen molar-refractivity contribution in [3.05, 3.63) is 59.2 Å². The first-order valence-corrected chi connectivity index (χ1v) is 9.63. The fourth-order valence-corrected chi connectivity index (χ4v) is 3.92. The van der Waals surface area contributed by atoms with Crippen LogP contribution < -0.4 is 5.32 Å². The van der Waals surface area contributed by atoms with Crippen molar-refractivity contribution in [1.29, 1.82) is 0 Å². The highest BCUT2D eigenvalue weighted by molar-refractivity contribution is 5.89. The third-order valence-corrected chi connectivity index (χ3v) is 5.21. The zero-order valence-electron chi connectivity index (χ0n) is 16.8. The van der Waals surface area contributed by atoms with E-state index in [1.807, 2.05) is 65.4 Å². The van der Waals surface area contributed by atoms with Crippen LogP contribution in [-0.4, -0.2) is 43.6 Å². The highest BCUT2D eigenvalue weighted by Crippen LogP contribution is 2.24. The Morgan fingerprint density at radius 2 is 1.68 bits per heavy atom. The van der Waals surface area contributed by atoms with Gasteiger partial charge in [-0.2, -0.15) is 10.2 Å². The molecule has 1 saturated heterocycles. The van der Waals surface area contributed by atoms with E-state index in [0.717, 1.165) is 47.1 Å². The molecule has 7 nitrogen and oxygen atoms in total. The lowest BCUT2D eigenvalue weighted by molar-refractivity contribution is 0.220. The van der Waals surface area contributed by atoms with Crippen LogP contribution in [0, 0.1) is 27.7 Å². The Kier molecular flexibility index (Phi) is 4.66. The maximum atomic E-state index is 12.7. The zero-order valence-corrected chi connectivity index (χ0v) is 16.8. The quantitative estimate of drug-likeness (QED) is 0.754. The molecule has 0 bridgehead atoms. The van der Waals surface area contributed by atoms with E-state index in [0.29, 0.717) is 6.54 Å². The van der Waals surface area contributed by atoms with Gasteiger partial charge in [-0.3, -0.25) is 4.68 Å². The summed E-state index contributed by atoms with van der Waals surface area (Å²) in [7, 11) is 0. The van der Waals surface area contributed by atoms with Gasteiger partial charge in [-0.15, -0.1) is 0 Å². The molecule has 4 rings (SSSR count). The van der Waals surface area contributed by atoms with Crippen molar-refractivity contribution in [2.75, 3.05) is 18.4 Å². The molecule has 2 amide bonds. The number of urea groups is 1. The van der Waals surface area contributed by atoms with Gasteiger partial charge in [0, 0.05) is 30.2 Å². The van der Waals surface area contributed by atoms with Gasteiger partial charge >= 0.3 is 6.03 Å². The molecule has 0 saturated carbocycles. The molecular weight excluding hydrogens is 352 g/mol. The number of nitrogens with one attached hydrogen (secondary N) is 1. The van der Waals surface area contributed by atoms with Gasteiger partial charge in [0.15, 0.2) is 0 Å². The number of hydrogen-bond donors (Lipinski definition) is 1. The van der Waals surface area contributed by atoms with E-state index in [2.05, 4.69) is 28.5 Å². The van der Waals surface area contributed by atoms with Crippen LogP contribution in [0.4, 0.5) is 10.5 Å². The topological polar surface area (TPSA) is 68.0 Å². The van der Waals surface area contributed by atoms with Crippen molar-refractivity contribution in [2.24, 2.45) is 0 Å². The molecule has 2 aromatic heterocycles. The summed E-state index contributed by atoms with van der Waals surface area (Å²) in [4.78, 5) is 14.5. The van der Waals surface area contributed by atoms with Crippen LogP contribution >= 0.6 is 0 Å². The third kappa shape index (κ3) is 3.52. The second-order valence-corrected chi connectivity index (χ2v) is 7.58. The molecule has 7 heteroatoms. The smallest absolute Gasteiger partial charge is 0.321 e. The lowest BCUT2D eigenvalue weighted by atomic mass is 10.2. The largest absolute Gasteiger partial charge is 0.322 e. The fourth-order valence-electron chi connectivity index (χ4n) is 3.92. The number of rotatable bonds is 3. The Bertz CT molecular complexity index is 1000. The van der Waals surface area contributed by atoms with Gasteiger partial charge in [-0.05, 0) is 70.5 Å². The number of carbonyl (C=O) groups excluding carboxylic acids is 1. The van der Waals surface area contributed by atoms with Crippen molar-refractivity contribution in [3.63, 3.8) is 0 Å². The number of amides is 2. The van der Waals surface area contributed by atoms with E-state index in [1.165, 1.54) is 0 Å². The third-order valence-electron chi connectivity index (χ3n) is 5.21. The summed E-state index contributed by atoms with van der Waals surface area (Å²) in [5, 5.41) is 12.1. The average Bonchev–Trinajstić information content (AvgIpc) is 3.34. The summed E-state index contributed by atoms with van der Waals surface area (Å²) >= 11 is 0. The van der Waals surface area contributed by atoms with Crippen LogP contribution in [-0.2, 0) is 0 Å². The standard InChI is InChI=1S/C21H26N6O/c1-14-11-16(3)26(23-14)19-7-5-18(6-8-19)22-21(28)25-10-9-20(13-25)27-17(4)12-15(2)24-27/h5-8,11-12,20H,9-10,13H2,1-4H3,(H,22,28). The van der Waals surface area contributed by atoms with Crippen molar-refractivity contribution >= 4 is 11.7 Å². The zero-order chi connectivity index (χ0) is 19.8. The van der Waals surface area contributed by atoms with Gasteiger partial charge in [-0.25, -0.2) is 9.48 Å². The van der Waals surface area contributed by atoms with Crippen LogP contribution in [0.1, 0.15) is 35.2 Å². The summed E-state index contributed by atoms with van der Waals surface area (Å²) in [5.74, 6) is 0. The second-order valence-electron chi connectivity index (χ2n) is 7.58. The summed E-state index contributed by atoms with van der Waals surface area (Å²) in [6, 6.07) is 12.1. The minimum Gasteiger partial charge on any atom is -0.322 e. The van der Waals surface area contributed by atoms with Crippen LogP contribution in [0.25, 0.3) is 5.69 Å². The van der Waals surface area contributed by atoms with Gasteiger partial charge in [0.25, 0.3) is 0 Å². The molecule has 1 fully saturated rings. The Balaban J connectivity index is 1.40. The molecule has 0 radical (unpaired) electrons. The first-order chi connectivity index (χ1) is 13.4. The molecule has 1 unspecified atom stereocenters. The summed E-state index contributed by atoms with van der Waals surface area (Å²) < 4.78 is 3.95. The number of aryl methyl sites for hydroxylation is 4. The maximum absolute atomic E-state index is 12.7. The number of likely N-dealkylation sites (tertiary alicyclic amines) is 1. The molecule has 28 heavy (non-hydrogen) atoms. The predicted octanol–water partition coefficient (Wildman–Crippen LogP) is 3.78. The minimum atomic E-state index is -0.0668. The number of aromatic nitrogens is 4. The molecule has 0 spiro atoms. The second kappa shape index (κ2) is 7.14. The SMILES string of the molecule is Cc1cc(C)n(-c2ccc(NC(=O)N3CCC(n4nc(C)cc4C)C3)cc2)n1. The molecule has 146 valence electrons. The first kappa shape index (κ1) is 18.3. The molecule has 3 heterocycles. The van der Waals surface area contributed by atoms with Gasteiger partial charge in [-0.1, -0.05) is 0 Å². The normalized spacial score (nSPS) is 16.6. The monoisotopic (exact) mass is 378 g/mol. The highest BCUT2D eigenvalue weighted by Gasteiger charge is 2.28. The van der Waals surface area contributed by atoms with Crippen LogP contribution in [0.5, 0.6) is 0 Å². The number of nitrogens with zero attached hydrogens (tertiary/aromatic N) is 5. The molecule has 1 atom stereocenters. The predicted molar refractivity (Wildman–Crippen MR) is 109 cm³/mol. The summed E-state index contributed by atoms with van der Waals surface area (Å²) in [6.07, 6.45) is 0.923. The van der Waals surface area contributed by atoms with E-state index in [9.17, 15) is 4.79 Å². The van der Waals surface area contributed by atoms with Crippen LogP contribution in [0.2, 0.25) is 0 Å². The lowest BCUT2D eigenvalue weighted by Gasteiger charge is -2.18. The number of carbonyl (C=O) groups is 1. The Hall–Kier alpha value is -3.09. The van der Waals surface area contributed by atoms with E-state index in [-0.39, 0.29) is 12.1 Å². The van der Waals surface area contributed by atoms with Crippen LogP contribution in [0.3, 0.4) is 0 Å².